The normalized spacial score (nSPS) is 19.6. The molecule has 0 aliphatic carbocycles. The molecule has 1 saturated heterocycles. The van der Waals surface area contributed by atoms with Crippen molar-refractivity contribution in [2.75, 3.05) is 26.4 Å². The van der Waals surface area contributed by atoms with E-state index in [-0.39, 0.29) is 12.7 Å². The molecule has 0 aromatic heterocycles. The average molecular weight is 208 g/mol. The molecule has 1 fully saturated rings. The molecule has 0 saturated carbocycles. The van der Waals surface area contributed by atoms with Gasteiger partial charge in [0.05, 0.1) is 13.2 Å². The van der Waals surface area contributed by atoms with Crippen molar-refractivity contribution in [3.05, 3.63) is 0 Å². The monoisotopic (exact) mass is 208 g/mol. The molecule has 1 aliphatic heterocycles. The van der Waals surface area contributed by atoms with E-state index in [4.69, 9.17) is 14.0 Å². The van der Waals surface area contributed by atoms with E-state index < -0.39 is 9.28 Å². The van der Waals surface area contributed by atoms with Crippen molar-refractivity contribution in [1.82, 2.24) is 0 Å². The standard InChI is InChI=1S/C5H14O2Si.C3H6O2/c1-4-6-8(3)7-5-2;4-1-3-2-5-3/h8H,4-5H2,1-3H3;3-4H,1-2H2. The first kappa shape index (κ1) is 13.1. The Morgan fingerprint density at radius 1 is 1.38 bits per heavy atom. The van der Waals surface area contributed by atoms with Crippen LogP contribution in [0.4, 0.5) is 0 Å². The molecule has 1 rings (SSSR count). The van der Waals surface area contributed by atoms with Gasteiger partial charge in [0.2, 0.25) is 0 Å². The van der Waals surface area contributed by atoms with E-state index in [0.717, 1.165) is 19.8 Å². The molecule has 13 heavy (non-hydrogen) atoms. The minimum atomic E-state index is -1.20. The summed E-state index contributed by atoms with van der Waals surface area (Å²) in [5.74, 6) is 0. The smallest absolute Gasteiger partial charge is 0.318 e. The fourth-order valence-electron chi connectivity index (χ4n) is 0.691. The van der Waals surface area contributed by atoms with E-state index >= 15 is 0 Å². The Hall–Kier alpha value is 0.0569. The van der Waals surface area contributed by atoms with Crippen molar-refractivity contribution in [2.24, 2.45) is 0 Å². The lowest BCUT2D eigenvalue weighted by Crippen LogP contribution is -2.17. The van der Waals surface area contributed by atoms with Crippen molar-refractivity contribution in [3.8, 4) is 0 Å². The molecule has 1 heterocycles. The molecule has 1 atom stereocenters. The third kappa shape index (κ3) is 9.97. The first-order valence-corrected chi connectivity index (χ1v) is 6.79. The van der Waals surface area contributed by atoms with E-state index in [1.807, 2.05) is 20.4 Å². The Balaban J connectivity index is 0.000000243. The second-order valence-electron chi connectivity index (χ2n) is 2.62. The summed E-state index contributed by atoms with van der Waals surface area (Å²) in [5, 5.41) is 8.08. The summed E-state index contributed by atoms with van der Waals surface area (Å²) in [6.07, 6.45) is 0.190. The number of epoxide rings is 1. The highest BCUT2D eigenvalue weighted by Crippen LogP contribution is 2.04. The van der Waals surface area contributed by atoms with Crippen molar-refractivity contribution in [3.63, 3.8) is 0 Å². The molecule has 1 N–H and O–H groups in total. The molecule has 0 bridgehead atoms. The Morgan fingerprint density at radius 2 is 1.85 bits per heavy atom. The highest BCUT2D eigenvalue weighted by molar-refractivity contribution is 6.42. The lowest BCUT2D eigenvalue weighted by atomic mass is 10.5. The van der Waals surface area contributed by atoms with Crippen LogP contribution < -0.4 is 0 Å². The van der Waals surface area contributed by atoms with Crippen molar-refractivity contribution >= 4 is 9.28 Å². The summed E-state index contributed by atoms with van der Waals surface area (Å²) in [6.45, 7) is 8.54. The lowest BCUT2D eigenvalue weighted by Gasteiger charge is -2.07. The molecule has 0 radical (unpaired) electrons. The van der Waals surface area contributed by atoms with Gasteiger partial charge >= 0.3 is 9.28 Å². The number of ether oxygens (including phenoxy) is 1. The van der Waals surface area contributed by atoms with Crippen molar-refractivity contribution in [2.45, 2.75) is 26.5 Å². The van der Waals surface area contributed by atoms with Crippen LogP contribution in [-0.4, -0.2) is 46.9 Å². The Labute approximate surface area is 81.7 Å². The summed E-state index contributed by atoms with van der Waals surface area (Å²) in [6, 6.07) is 0. The summed E-state index contributed by atoms with van der Waals surface area (Å²) in [5.41, 5.74) is 0. The van der Waals surface area contributed by atoms with Crippen LogP contribution in [0, 0.1) is 0 Å². The van der Waals surface area contributed by atoms with Gasteiger partial charge in [-0.3, -0.25) is 0 Å². The van der Waals surface area contributed by atoms with E-state index in [1.165, 1.54) is 0 Å². The van der Waals surface area contributed by atoms with Gasteiger partial charge in [0.25, 0.3) is 0 Å². The molecule has 5 heteroatoms. The largest absolute Gasteiger partial charge is 0.397 e. The van der Waals surface area contributed by atoms with Gasteiger partial charge in [0, 0.05) is 13.2 Å². The lowest BCUT2D eigenvalue weighted by molar-refractivity contribution is 0.219. The fraction of sp³-hybridized carbons (Fsp3) is 1.00. The summed E-state index contributed by atoms with van der Waals surface area (Å²) >= 11 is 0. The molecule has 0 spiro atoms. The zero-order chi connectivity index (χ0) is 10.1. The van der Waals surface area contributed by atoms with Gasteiger partial charge in [0.15, 0.2) is 0 Å². The van der Waals surface area contributed by atoms with Crippen LogP contribution in [0.1, 0.15) is 13.8 Å². The van der Waals surface area contributed by atoms with Gasteiger partial charge in [-0.15, -0.1) is 0 Å². The maximum atomic E-state index is 8.08. The quantitative estimate of drug-likeness (QED) is 0.521. The zero-order valence-corrected chi connectivity index (χ0v) is 9.81. The minimum Gasteiger partial charge on any atom is -0.397 e. The number of rotatable bonds is 5. The maximum absolute atomic E-state index is 8.08. The SMILES string of the molecule is CCO[SiH](C)OCC.OCC1CO1. The molecule has 80 valence electrons. The molecule has 0 aromatic carbocycles. The first-order valence-electron chi connectivity index (χ1n) is 4.70. The molecule has 4 nitrogen and oxygen atoms in total. The Kier molecular flexibility index (Phi) is 8.68. The van der Waals surface area contributed by atoms with Crippen molar-refractivity contribution in [1.29, 1.82) is 0 Å². The molecular weight excluding hydrogens is 188 g/mol. The fourth-order valence-corrected chi connectivity index (χ4v) is 1.73. The minimum absolute atomic E-state index is 0.190. The summed E-state index contributed by atoms with van der Waals surface area (Å²) < 4.78 is 15.0. The predicted molar refractivity (Wildman–Crippen MR) is 53.1 cm³/mol. The van der Waals surface area contributed by atoms with Crippen LogP contribution in [0.5, 0.6) is 0 Å². The third-order valence-corrected chi connectivity index (χ3v) is 3.01. The second-order valence-corrected chi connectivity index (χ2v) is 4.42. The van der Waals surface area contributed by atoms with Gasteiger partial charge in [-0.1, -0.05) is 0 Å². The van der Waals surface area contributed by atoms with Gasteiger partial charge in [-0.25, -0.2) is 0 Å². The molecule has 0 amide bonds. The van der Waals surface area contributed by atoms with Gasteiger partial charge in [-0.2, -0.15) is 0 Å². The predicted octanol–water partition coefficient (Wildman–Crippen LogP) is 0.287. The third-order valence-electron chi connectivity index (χ3n) is 1.41. The highest BCUT2D eigenvalue weighted by Gasteiger charge is 2.19. The van der Waals surface area contributed by atoms with Crippen LogP contribution in [0.2, 0.25) is 6.55 Å². The molecular formula is C8H20O4Si. The van der Waals surface area contributed by atoms with Gasteiger partial charge in [0.1, 0.15) is 6.10 Å². The van der Waals surface area contributed by atoms with Gasteiger partial charge in [-0.05, 0) is 20.4 Å². The zero-order valence-electron chi connectivity index (χ0n) is 8.66. The first-order chi connectivity index (χ1) is 6.24. The van der Waals surface area contributed by atoms with Crippen LogP contribution in [-0.2, 0) is 13.6 Å². The van der Waals surface area contributed by atoms with Gasteiger partial charge < -0.3 is 18.7 Å². The van der Waals surface area contributed by atoms with Crippen LogP contribution >= 0.6 is 0 Å². The number of aliphatic hydroxyl groups is 1. The van der Waals surface area contributed by atoms with Crippen LogP contribution in [0.25, 0.3) is 0 Å². The number of aliphatic hydroxyl groups excluding tert-OH is 1. The topological polar surface area (TPSA) is 51.2 Å². The Morgan fingerprint density at radius 3 is 2.00 bits per heavy atom. The summed E-state index contributed by atoms with van der Waals surface area (Å²) in [4.78, 5) is 0. The summed E-state index contributed by atoms with van der Waals surface area (Å²) in [7, 11) is -1.20. The van der Waals surface area contributed by atoms with Crippen LogP contribution in [0.3, 0.4) is 0 Å². The second kappa shape index (κ2) is 8.65. The highest BCUT2D eigenvalue weighted by atomic mass is 28.3. The molecule has 1 aliphatic rings. The maximum Gasteiger partial charge on any atom is 0.318 e. The van der Waals surface area contributed by atoms with Crippen molar-refractivity contribution < 1.29 is 18.7 Å². The van der Waals surface area contributed by atoms with E-state index in [1.54, 1.807) is 0 Å². The average Bonchev–Trinajstić information content (AvgIpc) is 2.88. The van der Waals surface area contributed by atoms with Crippen LogP contribution in [0.15, 0.2) is 0 Å². The number of hydrogen-bond donors (Lipinski definition) is 1. The number of hydrogen-bond acceptors (Lipinski definition) is 4. The van der Waals surface area contributed by atoms with E-state index in [0.29, 0.717) is 0 Å². The van der Waals surface area contributed by atoms with E-state index in [2.05, 4.69) is 4.74 Å². The van der Waals surface area contributed by atoms with E-state index in [9.17, 15) is 0 Å². The molecule has 0 aromatic rings. The molecule has 1 unspecified atom stereocenters. The Bertz CT molecular complexity index is 102.